The van der Waals surface area contributed by atoms with Gasteiger partial charge in [0, 0.05) is 29.4 Å². The van der Waals surface area contributed by atoms with Crippen LogP contribution in [0.2, 0.25) is 5.02 Å². The number of carbonyl (C=O) groups excluding carboxylic acids is 1. The van der Waals surface area contributed by atoms with E-state index in [1.54, 1.807) is 0 Å². The number of ether oxygens (including phenoxy) is 2. The first-order chi connectivity index (χ1) is 18.0. The van der Waals surface area contributed by atoms with Crippen LogP contribution in [0.4, 0.5) is 0 Å². The maximum absolute atomic E-state index is 13.0. The molecule has 7 nitrogen and oxygen atoms in total. The van der Waals surface area contributed by atoms with E-state index in [4.69, 9.17) is 21.1 Å². The van der Waals surface area contributed by atoms with Gasteiger partial charge in [-0.3, -0.25) is 9.36 Å². The van der Waals surface area contributed by atoms with Gasteiger partial charge >= 0.3 is 0 Å². The molecular weight excluding hydrogens is 508 g/mol. The second-order valence-corrected chi connectivity index (χ2v) is 10.3. The largest absolute Gasteiger partial charge is 0.457 e. The average Bonchev–Trinajstić information content (AvgIpc) is 3.32. The standard InChI is InChI=1S/C28H27ClN4O3S/c1-19-16-32(17-20(2)35-19)26(34)18-37-28-31-30-27(21-8-10-22(29)11-9-21)33(28)23-12-14-25(15-13-23)36-24-6-4-3-5-7-24/h3-15,19-20H,16-18H2,1-2H3. The fraction of sp³-hybridized carbons (Fsp3) is 0.250. The number of morpholine rings is 1. The van der Waals surface area contributed by atoms with E-state index >= 15 is 0 Å². The van der Waals surface area contributed by atoms with Crippen molar-refractivity contribution in [3.8, 4) is 28.6 Å². The molecule has 1 amide bonds. The molecule has 1 aliphatic rings. The topological polar surface area (TPSA) is 69.5 Å². The van der Waals surface area contributed by atoms with E-state index < -0.39 is 0 Å². The molecule has 2 atom stereocenters. The lowest BCUT2D eigenvalue weighted by atomic mass is 10.2. The van der Waals surface area contributed by atoms with E-state index in [-0.39, 0.29) is 23.9 Å². The predicted molar refractivity (Wildman–Crippen MR) is 146 cm³/mol. The molecule has 190 valence electrons. The Bertz CT molecular complexity index is 1340. The van der Waals surface area contributed by atoms with Crippen molar-refractivity contribution in [1.29, 1.82) is 0 Å². The van der Waals surface area contributed by atoms with Crippen molar-refractivity contribution in [3.63, 3.8) is 0 Å². The van der Waals surface area contributed by atoms with E-state index in [1.807, 2.05) is 102 Å². The van der Waals surface area contributed by atoms with E-state index in [1.165, 1.54) is 11.8 Å². The highest BCUT2D eigenvalue weighted by atomic mass is 35.5. The second kappa shape index (κ2) is 11.4. The monoisotopic (exact) mass is 534 g/mol. The van der Waals surface area contributed by atoms with Gasteiger partial charge < -0.3 is 14.4 Å². The zero-order valence-corrected chi connectivity index (χ0v) is 22.2. The molecule has 0 spiro atoms. The number of benzene rings is 3. The summed E-state index contributed by atoms with van der Waals surface area (Å²) in [5.41, 5.74) is 1.73. The Morgan fingerprint density at radius 3 is 2.27 bits per heavy atom. The Balaban J connectivity index is 1.40. The first-order valence-corrected chi connectivity index (χ1v) is 13.4. The molecule has 4 aromatic rings. The van der Waals surface area contributed by atoms with Gasteiger partial charge in [-0.05, 0) is 74.5 Å². The van der Waals surface area contributed by atoms with Crippen LogP contribution in [0.5, 0.6) is 11.5 Å². The van der Waals surface area contributed by atoms with Gasteiger partial charge in [-0.1, -0.05) is 41.6 Å². The minimum atomic E-state index is 0.0227. The molecule has 0 aliphatic carbocycles. The Morgan fingerprint density at radius 1 is 0.946 bits per heavy atom. The van der Waals surface area contributed by atoms with E-state index in [0.29, 0.717) is 29.1 Å². The van der Waals surface area contributed by atoms with E-state index in [2.05, 4.69) is 10.2 Å². The van der Waals surface area contributed by atoms with Crippen LogP contribution < -0.4 is 4.74 Å². The number of carbonyl (C=O) groups is 1. The molecular formula is C28H27ClN4O3S. The van der Waals surface area contributed by atoms with E-state index in [9.17, 15) is 4.79 Å². The Hall–Kier alpha value is -3.33. The smallest absolute Gasteiger partial charge is 0.233 e. The van der Waals surface area contributed by atoms with Gasteiger partial charge in [-0.2, -0.15) is 0 Å². The molecule has 37 heavy (non-hydrogen) atoms. The molecule has 1 fully saturated rings. The Labute approximate surface area is 225 Å². The summed E-state index contributed by atoms with van der Waals surface area (Å²) in [5, 5.41) is 10.2. The minimum Gasteiger partial charge on any atom is -0.457 e. The van der Waals surface area contributed by atoms with Crippen LogP contribution in [0, 0.1) is 0 Å². The molecule has 3 aromatic carbocycles. The number of halogens is 1. The molecule has 0 radical (unpaired) electrons. The van der Waals surface area contributed by atoms with E-state index in [0.717, 1.165) is 22.7 Å². The fourth-order valence-corrected chi connectivity index (χ4v) is 5.25. The number of hydrogen-bond acceptors (Lipinski definition) is 6. The molecule has 5 rings (SSSR count). The lowest BCUT2D eigenvalue weighted by Gasteiger charge is -2.35. The molecule has 0 bridgehead atoms. The van der Waals surface area contributed by atoms with Crippen molar-refractivity contribution in [1.82, 2.24) is 19.7 Å². The maximum atomic E-state index is 13.0. The van der Waals surface area contributed by atoms with Gasteiger partial charge in [0.1, 0.15) is 11.5 Å². The molecule has 2 heterocycles. The number of aromatic nitrogens is 3. The normalized spacial score (nSPS) is 17.5. The maximum Gasteiger partial charge on any atom is 0.233 e. The van der Waals surface area contributed by atoms with Gasteiger partial charge in [0.15, 0.2) is 11.0 Å². The summed E-state index contributed by atoms with van der Waals surface area (Å²) in [4.78, 5) is 14.9. The first-order valence-electron chi connectivity index (χ1n) is 12.1. The number of rotatable bonds is 7. The lowest BCUT2D eigenvalue weighted by molar-refractivity contribution is -0.140. The van der Waals surface area contributed by atoms with Crippen LogP contribution in [-0.4, -0.2) is 56.6 Å². The van der Waals surface area contributed by atoms with Crippen LogP contribution in [0.15, 0.2) is 84.0 Å². The molecule has 1 aliphatic heterocycles. The molecule has 1 aromatic heterocycles. The molecule has 0 saturated carbocycles. The summed E-state index contributed by atoms with van der Waals surface area (Å²) < 4.78 is 13.7. The van der Waals surface area contributed by atoms with Gasteiger partial charge in [0.25, 0.3) is 0 Å². The van der Waals surface area contributed by atoms with Crippen LogP contribution in [-0.2, 0) is 9.53 Å². The summed E-state index contributed by atoms with van der Waals surface area (Å²) in [6.45, 7) is 5.16. The third-order valence-corrected chi connectivity index (χ3v) is 7.07. The van der Waals surface area contributed by atoms with Crippen LogP contribution in [0.25, 0.3) is 17.1 Å². The van der Waals surface area contributed by atoms with Crippen LogP contribution >= 0.6 is 23.4 Å². The zero-order chi connectivity index (χ0) is 25.8. The number of amides is 1. The predicted octanol–water partition coefficient (Wildman–Crippen LogP) is 6.11. The summed E-state index contributed by atoms with van der Waals surface area (Å²) >= 11 is 7.48. The van der Waals surface area contributed by atoms with Crippen molar-refractivity contribution in [2.45, 2.75) is 31.2 Å². The summed E-state index contributed by atoms with van der Waals surface area (Å²) in [6.07, 6.45) is 0.0453. The molecule has 9 heteroatoms. The second-order valence-electron chi connectivity index (χ2n) is 8.90. The highest BCUT2D eigenvalue weighted by Gasteiger charge is 2.26. The van der Waals surface area contributed by atoms with Crippen molar-refractivity contribution in [2.75, 3.05) is 18.8 Å². The van der Waals surface area contributed by atoms with Gasteiger partial charge in [0.05, 0.1) is 18.0 Å². The van der Waals surface area contributed by atoms with Crippen molar-refractivity contribution < 1.29 is 14.3 Å². The number of hydrogen-bond donors (Lipinski definition) is 0. The van der Waals surface area contributed by atoms with Gasteiger partial charge in [-0.25, -0.2) is 0 Å². The van der Waals surface area contributed by atoms with Crippen molar-refractivity contribution in [3.05, 3.63) is 83.9 Å². The van der Waals surface area contributed by atoms with Crippen LogP contribution in [0.1, 0.15) is 13.8 Å². The summed E-state index contributed by atoms with van der Waals surface area (Å²) in [7, 11) is 0. The Morgan fingerprint density at radius 2 is 1.59 bits per heavy atom. The molecule has 2 unspecified atom stereocenters. The lowest BCUT2D eigenvalue weighted by Crippen LogP contribution is -2.48. The summed E-state index contributed by atoms with van der Waals surface area (Å²) in [6, 6.07) is 24.8. The fourth-order valence-electron chi connectivity index (χ4n) is 4.27. The number of thioether (sulfide) groups is 1. The highest BCUT2D eigenvalue weighted by Crippen LogP contribution is 2.31. The number of nitrogens with zero attached hydrogens (tertiary/aromatic N) is 4. The van der Waals surface area contributed by atoms with Crippen LogP contribution in [0.3, 0.4) is 0 Å². The average molecular weight is 535 g/mol. The minimum absolute atomic E-state index is 0.0227. The van der Waals surface area contributed by atoms with Gasteiger partial charge in [0.2, 0.25) is 5.91 Å². The quantitative estimate of drug-likeness (QED) is 0.266. The summed E-state index contributed by atoms with van der Waals surface area (Å²) in [5.74, 6) is 2.46. The third kappa shape index (κ3) is 6.15. The highest BCUT2D eigenvalue weighted by molar-refractivity contribution is 7.99. The Kier molecular flexibility index (Phi) is 7.79. The third-order valence-electron chi connectivity index (χ3n) is 5.91. The zero-order valence-electron chi connectivity index (χ0n) is 20.6. The molecule has 0 N–H and O–H groups in total. The molecule has 1 saturated heterocycles. The SMILES string of the molecule is CC1CN(C(=O)CSc2nnc(-c3ccc(Cl)cc3)n2-c2ccc(Oc3ccccc3)cc2)CC(C)O1. The first kappa shape index (κ1) is 25.3. The van der Waals surface area contributed by atoms with Crippen molar-refractivity contribution in [2.24, 2.45) is 0 Å². The van der Waals surface area contributed by atoms with Gasteiger partial charge in [-0.15, -0.1) is 10.2 Å². The van der Waals surface area contributed by atoms with Crippen molar-refractivity contribution >= 4 is 29.3 Å². The number of para-hydroxylation sites is 1.